The maximum absolute atomic E-state index is 13.5. The van der Waals surface area contributed by atoms with Gasteiger partial charge < -0.3 is 14.8 Å². The van der Waals surface area contributed by atoms with Crippen molar-refractivity contribution in [1.82, 2.24) is 0 Å². The molecule has 0 atom stereocenters. The van der Waals surface area contributed by atoms with Gasteiger partial charge in [-0.1, -0.05) is 29.8 Å². The minimum absolute atomic E-state index is 0.0295. The highest BCUT2D eigenvalue weighted by molar-refractivity contribution is 6.30. The number of hydrogen-bond donors (Lipinski definition) is 1. The van der Waals surface area contributed by atoms with Crippen LogP contribution in [0.2, 0.25) is 5.02 Å². The molecule has 0 aliphatic heterocycles. The van der Waals surface area contributed by atoms with Crippen LogP contribution < -0.4 is 14.8 Å². The normalized spacial score (nSPS) is 11.0. The first kappa shape index (κ1) is 20.5. The van der Waals surface area contributed by atoms with Gasteiger partial charge in [0.2, 0.25) is 0 Å². The number of benzene rings is 3. The van der Waals surface area contributed by atoms with Crippen LogP contribution in [-0.2, 0) is 11.0 Å². The van der Waals surface area contributed by atoms with E-state index >= 15 is 0 Å². The highest BCUT2D eigenvalue weighted by Crippen LogP contribution is 2.38. The van der Waals surface area contributed by atoms with Gasteiger partial charge in [0.25, 0.3) is 5.91 Å². The van der Waals surface area contributed by atoms with Gasteiger partial charge >= 0.3 is 6.18 Å². The molecule has 0 unspecified atom stereocenters. The summed E-state index contributed by atoms with van der Waals surface area (Å²) in [6.45, 7) is -0.426. The van der Waals surface area contributed by atoms with Crippen molar-refractivity contribution in [2.75, 3.05) is 11.9 Å². The third-order valence-corrected chi connectivity index (χ3v) is 3.98. The van der Waals surface area contributed by atoms with E-state index in [1.165, 1.54) is 18.2 Å². The Morgan fingerprint density at radius 2 is 1.55 bits per heavy atom. The smallest absolute Gasteiger partial charge is 0.418 e. The summed E-state index contributed by atoms with van der Waals surface area (Å²) in [5.74, 6) is 0.0184. The van der Waals surface area contributed by atoms with E-state index in [9.17, 15) is 18.0 Å². The van der Waals surface area contributed by atoms with Crippen molar-refractivity contribution in [3.8, 4) is 17.2 Å². The second-order valence-electron chi connectivity index (χ2n) is 5.91. The molecule has 0 saturated carbocycles. The summed E-state index contributed by atoms with van der Waals surface area (Å²) < 4.78 is 51.1. The molecule has 1 amide bonds. The van der Waals surface area contributed by atoms with Crippen molar-refractivity contribution in [2.45, 2.75) is 6.18 Å². The second kappa shape index (κ2) is 8.87. The molecule has 0 saturated heterocycles. The van der Waals surface area contributed by atoms with Crippen LogP contribution in [0.25, 0.3) is 0 Å². The van der Waals surface area contributed by atoms with Gasteiger partial charge in [-0.3, -0.25) is 4.79 Å². The summed E-state index contributed by atoms with van der Waals surface area (Å²) in [4.78, 5) is 12.0. The molecule has 1 N–H and O–H groups in total. The molecule has 8 heteroatoms. The van der Waals surface area contributed by atoms with Crippen molar-refractivity contribution >= 4 is 23.2 Å². The van der Waals surface area contributed by atoms with E-state index < -0.39 is 24.3 Å². The quantitative estimate of drug-likeness (QED) is 0.518. The molecule has 0 fully saturated rings. The fourth-order valence-electron chi connectivity index (χ4n) is 2.42. The van der Waals surface area contributed by atoms with Crippen LogP contribution >= 0.6 is 11.6 Å². The summed E-state index contributed by atoms with van der Waals surface area (Å²) in [5.41, 5.74) is -1.42. The average molecular weight is 422 g/mol. The minimum Gasteiger partial charge on any atom is -0.484 e. The first-order valence-electron chi connectivity index (χ1n) is 8.43. The first-order valence-corrected chi connectivity index (χ1v) is 8.81. The van der Waals surface area contributed by atoms with Crippen LogP contribution in [-0.4, -0.2) is 12.5 Å². The molecule has 0 aliphatic rings. The van der Waals surface area contributed by atoms with E-state index in [0.29, 0.717) is 16.5 Å². The number of para-hydroxylation sites is 1. The van der Waals surface area contributed by atoms with Crippen LogP contribution in [0.3, 0.4) is 0 Å². The molecule has 150 valence electrons. The van der Waals surface area contributed by atoms with E-state index in [1.807, 2.05) is 0 Å². The van der Waals surface area contributed by atoms with Gasteiger partial charge in [0, 0.05) is 5.02 Å². The van der Waals surface area contributed by atoms with Crippen molar-refractivity contribution in [1.29, 1.82) is 0 Å². The summed E-state index contributed by atoms with van der Waals surface area (Å²) in [6.07, 6.45) is -4.69. The van der Waals surface area contributed by atoms with Gasteiger partial charge in [0.05, 0.1) is 11.3 Å². The predicted molar refractivity (Wildman–Crippen MR) is 104 cm³/mol. The molecule has 3 aromatic carbocycles. The van der Waals surface area contributed by atoms with E-state index in [4.69, 9.17) is 21.1 Å². The molecule has 3 rings (SSSR count). The molecule has 0 radical (unpaired) electrons. The summed E-state index contributed by atoms with van der Waals surface area (Å²) in [6, 6.07) is 18.0. The standard InChI is InChI=1S/C21H15ClF3NO3/c22-14-6-8-16(9-7-14)29-17-10-11-19(18(12-17)21(23,24)25)26-20(27)13-28-15-4-2-1-3-5-15/h1-12H,13H2,(H,26,27). The Morgan fingerprint density at radius 3 is 2.21 bits per heavy atom. The average Bonchev–Trinajstić information content (AvgIpc) is 2.69. The molecular weight excluding hydrogens is 407 g/mol. The largest absolute Gasteiger partial charge is 0.484 e. The van der Waals surface area contributed by atoms with Crippen LogP contribution in [0.5, 0.6) is 17.2 Å². The van der Waals surface area contributed by atoms with E-state index in [0.717, 1.165) is 12.1 Å². The number of amides is 1. The lowest BCUT2D eigenvalue weighted by Crippen LogP contribution is -2.22. The van der Waals surface area contributed by atoms with Crippen LogP contribution in [0.4, 0.5) is 18.9 Å². The number of rotatable bonds is 6. The number of anilines is 1. The highest BCUT2D eigenvalue weighted by atomic mass is 35.5. The third-order valence-electron chi connectivity index (χ3n) is 3.73. The Hall–Kier alpha value is -3.19. The van der Waals surface area contributed by atoms with Crippen LogP contribution in [0.15, 0.2) is 72.8 Å². The minimum atomic E-state index is -4.69. The fourth-order valence-corrected chi connectivity index (χ4v) is 2.55. The number of carbonyl (C=O) groups excluding carboxylic acids is 1. The fraction of sp³-hybridized carbons (Fsp3) is 0.0952. The van der Waals surface area contributed by atoms with Gasteiger partial charge in [-0.2, -0.15) is 13.2 Å². The maximum atomic E-state index is 13.5. The highest BCUT2D eigenvalue weighted by Gasteiger charge is 2.34. The molecule has 0 spiro atoms. The number of ether oxygens (including phenoxy) is 2. The summed E-state index contributed by atoms with van der Waals surface area (Å²) >= 11 is 5.78. The second-order valence-corrected chi connectivity index (χ2v) is 6.35. The van der Waals surface area contributed by atoms with Crippen molar-refractivity contribution in [2.24, 2.45) is 0 Å². The Bertz CT molecular complexity index is 977. The predicted octanol–water partition coefficient (Wildman–Crippen LogP) is 6.17. The van der Waals surface area contributed by atoms with Crippen LogP contribution in [0.1, 0.15) is 5.56 Å². The van der Waals surface area contributed by atoms with Gasteiger partial charge in [-0.05, 0) is 54.6 Å². The Kier molecular flexibility index (Phi) is 6.29. The third kappa shape index (κ3) is 5.89. The number of nitrogens with one attached hydrogen (secondary N) is 1. The topological polar surface area (TPSA) is 47.6 Å². The first-order chi connectivity index (χ1) is 13.8. The molecule has 0 aliphatic carbocycles. The monoisotopic (exact) mass is 421 g/mol. The van der Waals surface area contributed by atoms with Gasteiger partial charge in [0.1, 0.15) is 17.2 Å². The summed E-state index contributed by atoms with van der Waals surface area (Å²) in [5, 5.41) is 2.70. The summed E-state index contributed by atoms with van der Waals surface area (Å²) in [7, 11) is 0. The van der Waals surface area contributed by atoms with E-state index in [1.54, 1.807) is 42.5 Å². The molecule has 0 bridgehead atoms. The van der Waals surface area contributed by atoms with E-state index in [-0.39, 0.29) is 11.4 Å². The number of carbonyl (C=O) groups is 1. The van der Waals surface area contributed by atoms with Crippen LogP contribution in [0, 0.1) is 0 Å². The molecule has 0 heterocycles. The lowest BCUT2D eigenvalue weighted by molar-refractivity contribution is -0.137. The lowest BCUT2D eigenvalue weighted by atomic mass is 10.1. The zero-order valence-corrected chi connectivity index (χ0v) is 15.6. The van der Waals surface area contributed by atoms with Gasteiger partial charge in [-0.25, -0.2) is 0 Å². The van der Waals surface area contributed by atoms with Crippen molar-refractivity contribution in [3.05, 3.63) is 83.4 Å². The zero-order valence-electron chi connectivity index (χ0n) is 14.9. The Labute approximate surface area is 169 Å². The number of hydrogen-bond acceptors (Lipinski definition) is 3. The van der Waals surface area contributed by atoms with Gasteiger partial charge in [0.15, 0.2) is 6.61 Å². The molecular formula is C21H15ClF3NO3. The SMILES string of the molecule is O=C(COc1ccccc1)Nc1ccc(Oc2ccc(Cl)cc2)cc1C(F)(F)F. The molecule has 4 nitrogen and oxygen atoms in total. The van der Waals surface area contributed by atoms with Gasteiger partial charge in [-0.15, -0.1) is 0 Å². The Morgan fingerprint density at radius 1 is 0.897 bits per heavy atom. The molecule has 29 heavy (non-hydrogen) atoms. The van der Waals surface area contributed by atoms with E-state index in [2.05, 4.69) is 5.32 Å². The molecule has 0 aromatic heterocycles. The number of halogens is 4. The van der Waals surface area contributed by atoms with Crippen molar-refractivity contribution < 1.29 is 27.4 Å². The number of alkyl halides is 3. The zero-order chi connectivity index (χ0) is 20.9. The lowest BCUT2D eigenvalue weighted by Gasteiger charge is -2.16. The maximum Gasteiger partial charge on any atom is 0.418 e. The van der Waals surface area contributed by atoms with Crippen molar-refractivity contribution in [3.63, 3.8) is 0 Å². The molecule has 3 aromatic rings. The Balaban J connectivity index is 1.73.